The van der Waals surface area contributed by atoms with Crippen LogP contribution in [0.3, 0.4) is 0 Å². The van der Waals surface area contributed by atoms with E-state index in [-0.39, 0.29) is 17.5 Å². The molecule has 74 valence electrons. The number of ether oxygens (including phenoxy) is 1. The van der Waals surface area contributed by atoms with Crippen molar-refractivity contribution < 1.29 is 14.6 Å². The maximum atomic E-state index is 10.8. The molecule has 4 nitrogen and oxygen atoms in total. The van der Waals surface area contributed by atoms with Crippen molar-refractivity contribution in [1.82, 2.24) is 4.98 Å². The van der Waals surface area contributed by atoms with E-state index in [0.29, 0.717) is 0 Å². The summed E-state index contributed by atoms with van der Waals surface area (Å²) in [5.41, 5.74) is 0.138. The Bertz CT molecular complexity index is 347. The topological polar surface area (TPSA) is 59.4 Å². The molecule has 1 fully saturated rings. The van der Waals surface area contributed by atoms with Crippen molar-refractivity contribution in [2.45, 2.75) is 25.4 Å². The van der Waals surface area contributed by atoms with E-state index in [9.17, 15) is 4.79 Å². The van der Waals surface area contributed by atoms with Crippen LogP contribution in [-0.4, -0.2) is 22.2 Å². The normalized spacial score (nSPS) is 16.0. The van der Waals surface area contributed by atoms with Crippen molar-refractivity contribution in [3.63, 3.8) is 0 Å². The minimum atomic E-state index is -0.993. The van der Waals surface area contributed by atoms with Crippen molar-refractivity contribution >= 4 is 5.97 Å². The number of carboxylic acids is 1. The molecule has 0 unspecified atom stereocenters. The first-order chi connectivity index (χ1) is 6.77. The molecule has 0 spiro atoms. The summed E-state index contributed by atoms with van der Waals surface area (Å²) in [6.45, 7) is 0. The monoisotopic (exact) mass is 193 g/mol. The van der Waals surface area contributed by atoms with Gasteiger partial charge in [-0.15, -0.1) is 0 Å². The zero-order valence-corrected chi connectivity index (χ0v) is 7.64. The molecule has 0 saturated heterocycles. The van der Waals surface area contributed by atoms with E-state index in [4.69, 9.17) is 9.84 Å². The molecule has 1 N–H and O–H groups in total. The van der Waals surface area contributed by atoms with E-state index in [1.165, 1.54) is 6.07 Å². The summed E-state index contributed by atoms with van der Waals surface area (Å²) in [5, 5.41) is 8.85. The fourth-order valence-corrected chi connectivity index (χ4v) is 1.29. The van der Waals surface area contributed by atoms with Gasteiger partial charge in [-0.25, -0.2) is 9.78 Å². The number of pyridine rings is 1. The second kappa shape index (κ2) is 3.65. The van der Waals surface area contributed by atoms with Gasteiger partial charge >= 0.3 is 5.97 Å². The molecule has 1 aliphatic rings. The minimum Gasteiger partial charge on any atom is -0.477 e. The molecule has 1 saturated carbocycles. The molecule has 0 aliphatic heterocycles. The quantitative estimate of drug-likeness (QED) is 0.793. The van der Waals surface area contributed by atoms with Gasteiger partial charge in [0.15, 0.2) is 0 Å². The van der Waals surface area contributed by atoms with Gasteiger partial charge in [-0.2, -0.15) is 0 Å². The first-order valence-corrected chi connectivity index (χ1v) is 4.62. The lowest BCUT2D eigenvalue weighted by atomic mass is 9.96. The van der Waals surface area contributed by atoms with Crippen LogP contribution in [0, 0.1) is 0 Å². The molecule has 1 aromatic rings. The molecule has 0 aromatic carbocycles. The van der Waals surface area contributed by atoms with Crippen LogP contribution in [0.2, 0.25) is 0 Å². The third-order valence-corrected chi connectivity index (χ3v) is 2.33. The highest BCUT2D eigenvalue weighted by atomic mass is 16.5. The number of hydrogen-bond donors (Lipinski definition) is 1. The number of carboxylic acid groups (broad SMARTS) is 1. The average molecular weight is 193 g/mol. The third-order valence-electron chi connectivity index (χ3n) is 2.33. The summed E-state index contributed by atoms with van der Waals surface area (Å²) < 4.78 is 5.45. The number of rotatable bonds is 3. The minimum absolute atomic E-state index is 0.138. The molecule has 14 heavy (non-hydrogen) atoms. The predicted octanol–water partition coefficient (Wildman–Crippen LogP) is 1.71. The highest BCUT2D eigenvalue weighted by molar-refractivity contribution is 5.90. The molecule has 0 radical (unpaired) electrons. The molecule has 1 heterocycles. The van der Waals surface area contributed by atoms with Crippen LogP contribution >= 0.6 is 0 Å². The first kappa shape index (κ1) is 8.99. The lowest BCUT2D eigenvalue weighted by Gasteiger charge is -2.26. The lowest BCUT2D eigenvalue weighted by molar-refractivity contribution is 0.0675. The molecule has 0 amide bonds. The summed E-state index contributed by atoms with van der Waals surface area (Å²) in [7, 11) is 0. The summed E-state index contributed by atoms with van der Waals surface area (Å²) in [4.78, 5) is 14.7. The Hall–Kier alpha value is -1.58. The summed E-state index contributed by atoms with van der Waals surface area (Å²) in [6.07, 6.45) is 4.84. The first-order valence-electron chi connectivity index (χ1n) is 4.62. The largest absolute Gasteiger partial charge is 0.477 e. The second-order valence-corrected chi connectivity index (χ2v) is 3.33. The van der Waals surface area contributed by atoms with Crippen LogP contribution < -0.4 is 4.74 Å². The van der Waals surface area contributed by atoms with Crippen LogP contribution in [-0.2, 0) is 0 Å². The SMILES string of the molecule is O=C(O)c1cccnc1OC1CCC1. The Kier molecular flexibility index (Phi) is 2.35. The van der Waals surface area contributed by atoms with Gasteiger partial charge < -0.3 is 9.84 Å². The lowest BCUT2D eigenvalue weighted by Crippen LogP contribution is -2.25. The van der Waals surface area contributed by atoms with E-state index < -0.39 is 5.97 Å². The maximum Gasteiger partial charge on any atom is 0.341 e. The van der Waals surface area contributed by atoms with Crippen molar-refractivity contribution in [3.05, 3.63) is 23.9 Å². The highest BCUT2D eigenvalue weighted by Crippen LogP contribution is 2.25. The van der Waals surface area contributed by atoms with Gasteiger partial charge in [-0.3, -0.25) is 0 Å². The van der Waals surface area contributed by atoms with Gasteiger partial charge in [0.25, 0.3) is 0 Å². The number of nitrogens with zero attached hydrogens (tertiary/aromatic N) is 1. The van der Waals surface area contributed by atoms with E-state index in [1.807, 2.05) is 0 Å². The Morgan fingerprint density at radius 1 is 1.57 bits per heavy atom. The summed E-state index contributed by atoms with van der Waals surface area (Å²) in [5.74, 6) is -0.753. The van der Waals surface area contributed by atoms with Crippen LogP contribution in [0.25, 0.3) is 0 Å². The zero-order valence-electron chi connectivity index (χ0n) is 7.64. The van der Waals surface area contributed by atoms with Gasteiger partial charge in [0.2, 0.25) is 5.88 Å². The maximum absolute atomic E-state index is 10.8. The van der Waals surface area contributed by atoms with Gasteiger partial charge in [0, 0.05) is 6.20 Å². The van der Waals surface area contributed by atoms with Crippen LogP contribution in [0.5, 0.6) is 5.88 Å². The van der Waals surface area contributed by atoms with Gasteiger partial charge in [0.1, 0.15) is 11.7 Å². The second-order valence-electron chi connectivity index (χ2n) is 3.33. The molecule has 1 aromatic heterocycles. The van der Waals surface area contributed by atoms with E-state index in [1.54, 1.807) is 12.3 Å². The van der Waals surface area contributed by atoms with Crippen molar-refractivity contribution in [3.8, 4) is 5.88 Å². The highest BCUT2D eigenvalue weighted by Gasteiger charge is 2.22. The molecule has 1 aliphatic carbocycles. The molecule has 0 bridgehead atoms. The van der Waals surface area contributed by atoms with E-state index >= 15 is 0 Å². The number of hydrogen-bond acceptors (Lipinski definition) is 3. The Balaban J connectivity index is 2.17. The van der Waals surface area contributed by atoms with Gasteiger partial charge in [-0.05, 0) is 31.4 Å². The van der Waals surface area contributed by atoms with Crippen molar-refractivity contribution in [2.24, 2.45) is 0 Å². The molecule has 0 atom stereocenters. The summed E-state index contributed by atoms with van der Waals surface area (Å²) >= 11 is 0. The average Bonchev–Trinajstić information content (AvgIpc) is 2.12. The number of aromatic nitrogens is 1. The Labute approximate surface area is 81.5 Å². The third kappa shape index (κ3) is 1.69. The molecular weight excluding hydrogens is 182 g/mol. The number of aromatic carboxylic acids is 1. The van der Waals surface area contributed by atoms with E-state index in [0.717, 1.165) is 19.3 Å². The van der Waals surface area contributed by atoms with Crippen LogP contribution in [0.1, 0.15) is 29.6 Å². The smallest absolute Gasteiger partial charge is 0.341 e. The predicted molar refractivity (Wildman–Crippen MR) is 49.5 cm³/mol. The fourth-order valence-electron chi connectivity index (χ4n) is 1.29. The van der Waals surface area contributed by atoms with Crippen molar-refractivity contribution in [1.29, 1.82) is 0 Å². The Morgan fingerprint density at radius 3 is 2.93 bits per heavy atom. The zero-order chi connectivity index (χ0) is 9.97. The van der Waals surface area contributed by atoms with Gasteiger partial charge in [0.05, 0.1) is 0 Å². The summed E-state index contributed by atoms with van der Waals surface area (Å²) in [6, 6.07) is 3.10. The molecule has 2 rings (SSSR count). The van der Waals surface area contributed by atoms with E-state index in [2.05, 4.69) is 4.98 Å². The molecule has 4 heteroatoms. The fraction of sp³-hybridized carbons (Fsp3) is 0.400. The standard InChI is InChI=1S/C10H11NO3/c12-10(13)8-5-2-6-11-9(8)14-7-3-1-4-7/h2,5-7H,1,3-4H2,(H,12,13). The Morgan fingerprint density at radius 2 is 2.36 bits per heavy atom. The van der Waals surface area contributed by atoms with Crippen LogP contribution in [0.15, 0.2) is 18.3 Å². The van der Waals surface area contributed by atoms with Gasteiger partial charge in [-0.1, -0.05) is 0 Å². The molecular formula is C10H11NO3. The van der Waals surface area contributed by atoms with Crippen LogP contribution in [0.4, 0.5) is 0 Å². The van der Waals surface area contributed by atoms with Crippen molar-refractivity contribution in [2.75, 3.05) is 0 Å². The number of carbonyl (C=O) groups is 1.